The SMILES string of the molecule is O=C(NC[C@@H](c1ccco1)N1CCCC1)c1ccc(F)cc1. The van der Waals surface area contributed by atoms with Gasteiger partial charge in [0, 0.05) is 12.1 Å². The molecule has 1 atom stereocenters. The van der Waals surface area contributed by atoms with Gasteiger partial charge in [0.15, 0.2) is 0 Å². The van der Waals surface area contributed by atoms with E-state index in [-0.39, 0.29) is 17.8 Å². The van der Waals surface area contributed by atoms with Crippen LogP contribution in [0.25, 0.3) is 0 Å². The Morgan fingerprint density at radius 2 is 1.95 bits per heavy atom. The van der Waals surface area contributed by atoms with E-state index >= 15 is 0 Å². The number of likely N-dealkylation sites (tertiary alicyclic amines) is 1. The quantitative estimate of drug-likeness (QED) is 0.923. The third kappa shape index (κ3) is 3.36. The fraction of sp³-hybridized carbons (Fsp3) is 0.353. The van der Waals surface area contributed by atoms with Crippen molar-refractivity contribution in [3.8, 4) is 0 Å². The minimum absolute atomic E-state index is 0.0434. The largest absolute Gasteiger partial charge is 0.468 e. The topological polar surface area (TPSA) is 45.5 Å². The number of hydrogen-bond acceptors (Lipinski definition) is 3. The first-order chi connectivity index (χ1) is 10.7. The molecule has 1 N–H and O–H groups in total. The van der Waals surface area contributed by atoms with E-state index in [9.17, 15) is 9.18 Å². The van der Waals surface area contributed by atoms with Crippen molar-refractivity contribution < 1.29 is 13.6 Å². The van der Waals surface area contributed by atoms with Crippen LogP contribution in [0.1, 0.15) is 35.0 Å². The average Bonchev–Trinajstić information content (AvgIpc) is 3.22. The molecule has 3 rings (SSSR count). The number of halogens is 1. The predicted molar refractivity (Wildman–Crippen MR) is 81.0 cm³/mol. The van der Waals surface area contributed by atoms with Crippen molar-refractivity contribution in [2.24, 2.45) is 0 Å². The summed E-state index contributed by atoms with van der Waals surface area (Å²) in [6, 6.07) is 9.40. The highest BCUT2D eigenvalue weighted by Gasteiger charge is 2.26. The third-order valence-corrected chi connectivity index (χ3v) is 4.02. The van der Waals surface area contributed by atoms with Gasteiger partial charge in [0.1, 0.15) is 11.6 Å². The fourth-order valence-corrected chi connectivity index (χ4v) is 2.84. The van der Waals surface area contributed by atoms with Crippen LogP contribution in [0.4, 0.5) is 4.39 Å². The van der Waals surface area contributed by atoms with Crippen LogP contribution in [-0.2, 0) is 0 Å². The van der Waals surface area contributed by atoms with Gasteiger partial charge in [-0.05, 0) is 62.3 Å². The molecule has 1 aromatic carbocycles. The first-order valence-electron chi connectivity index (χ1n) is 7.55. The van der Waals surface area contributed by atoms with Crippen LogP contribution in [0.5, 0.6) is 0 Å². The highest BCUT2D eigenvalue weighted by molar-refractivity contribution is 5.94. The molecule has 0 bridgehead atoms. The Balaban J connectivity index is 1.66. The van der Waals surface area contributed by atoms with Gasteiger partial charge < -0.3 is 9.73 Å². The molecule has 0 spiro atoms. The monoisotopic (exact) mass is 302 g/mol. The summed E-state index contributed by atoms with van der Waals surface area (Å²) in [5.74, 6) is 0.319. The molecule has 22 heavy (non-hydrogen) atoms. The Morgan fingerprint density at radius 3 is 2.59 bits per heavy atom. The minimum atomic E-state index is -0.345. The normalized spacial score (nSPS) is 16.6. The fourth-order valence-electron chi connectivity index (χ4n) is 2.84. The van der Waals surface area contributed by atoms with Crippen molar-refractivity contribution in [2.45, 2.75) is 18.9 Å². The van der Waals surface area contributed by atoms with Crippen molar-refractivity contribution in [2.75, 3.05) is 19.6 Å². The molecule has 2 aromatic rings. The molecule has 116 valence electrons. The van der Waals surface area contributed by atoms with Gasteiger partial charge in [0.2, 0.25) is 0 Å². The highest BCUT2D eigenvalue weighted by atomic mass is 19.1. The van der Waals surface area contributed by atoms with Crippen LogP contribution >= 0.6 is 0 Å². The van der Waals surface area contributed by atoms with Gasteiger partial charge >= 0.3 is 0 Å². The van der Waals surface area contributed by atoms with Gasteiger partial charge in [0.05, 0.1) is 12.3 Å². The van der Waals surface area contributed by atoms with Crippen LogP contribution in [-0.4, -0.2) is 30.4 Å². The van der Waals surface area contributed by atoms with Crippen LogP contribution < -0.4 is 5.32 Å². The Labute approximate surface area is 128 Å². The second-order valence-electron chi connectivity index (χ2n) is 5.49. The number of hydrogen-bond donors (Lipinski definition) is 1. The lowest BCUT2D eigenvalue weighted by molar-refractivity contribution is 0.0933. The van der Waals surface area contributed by atoms with E-state index in [0.717, 1.165) is 18.8 Å². The molecule has 1 aromatic heterocycles. The molecular formula is C17H19FN2O2. The summed E-state index contributed by atoms with van der Waals surface area (Å²) in [5, 5.41) is 2.92. The Hall–Kier alpha value is -2.14. The molecule has 4 nitrogen and oxygen atoms in total. The number of carbonyl (C=O) groups excluding carboxylic acids is 1. The molecule has 0 unspecified atom stereocenters. The zero-order chi connectivity index (χ0) is 15.4. The smallest absolute Gasteiger partial charge is 0.251 e. The minimum Gasteiger partial charge on any atom is -0.468 e. The van der Waals surface area contributed by atoms with E-state index in [4.69, 9.17) is 4.42 Å². The number of rotatable bonds is 5. The van der Waals surface area contributed by atoms with Crippen molar-refractivity contribution in [3.63, 3.8) is 0 Å². The van der Waals surface area contributed by atoms with Crippen LogP contribution in [0.15, 0.2) is 47.1 Å². The van der Waals surface area contributed by atoms with Crippen molar-refractivity contribution in [3.05, 3.63) is 59.8 Å². The lowest BCUT2D eigenvalue weighted by Gasteiger charge is -2.26. The first kappa shape index (κ1) is 14.8. The molecule has 0 saturated carbocycles. The molecule has 1 amide bonds. The number of furan rings is 1. The Bertz CT molecular complexity index is 604. The maximum atomic E-state index is 12.9. The van der Waals surface area contributed by atoms with E-state index in [0.29, 0.717) is 12.1 Å². The summed E-state index contributed by atoms with van der Waals surface area (Å²) in [6.45, 7) is 2.50. The van der Waals surface area contributed by atoms with Crippen LogP contribution in [0, 0.1) is 5.82 Å². The molecule has 0 aliphatic carbocycles. The van der Waals surface area contributed by atoms with Crippen LogP contribution in [0.2, 0.25) is 0 Å². The predicted octanol–water partition coefficient (Wildman–Crippen LogP) is 2.99. The summed E-state index contributed by atoms with van der Waals surface area (Å²) in [4.78, 5) is 14.5. The molecule has 1 aliphatic rings. The van der Waals surface area contributed by atoms with E-state index in [1.165, 1.54) is 37.1 Å². The molecular weight excluding hydrogens is 283 g/mol. The molecule has 0 radical (unpaired) electrons. The lowest BCUT2D eigenvalue weighted by atomic mass is 10.1. The van der Waals surface area contributed by atoms with Gasteiger partial charge in [-0.2, -0.15) is 0 Å². The summed E-state index contributed by atoms with van der Waals surface area (Å²) >= 11 is 0. The van der Waals surface area contributed by atoms with Crippen molar-refractivity contribution in [1.82, 2.24) is 10.2 Å². The van der Waals surface area contributed by atoms with Crippen molar-refractivity contribution >= 4 is 5.91 Å². The number of nitrogens with one attached hydrogen (secondary N) is 1. The van der Waals surface area contributed by atoms with E-state index < -0.39 is 0 Å². The maximum absolute atomic E-state index is 12.9. The zero-order valence-corrected chi connectivity index (χ0v) is 12.3. The highest BCUT2D eigenvalue weighted by Crippen LogP contribution is 2.24. The zero-order valence-electron chi connectivity index (χ0n) is 12.3. The summed E-state index contributed by atoms with van der Waals surface area (Å²) in [7, 11) is 0. The second kappa shape index (κ2) is 6.75. The maximum Gasteiger partial charge on any atom is 0.251 e. The van der Waals surface area contributed by atoms with Gasteiger partial charge in [0.25, 0.3) is 5.91 Å². The summed E-state index contributed by atoms with van der Waals surface area (Å²) in [6.07, 6.45) is 3.99. The molecule has 2 heterocycles. The first-order valence-corrected chi connectivity index (χ1v) is 7.55. The lowest BCUT2D eigenvalue weighted by Crippen LogP contribution is -2.36. The molecule has 5 heteroatoms. The average molecular weight is 302 g/mol. The summed E-state index contributed by atoms with van der Waals surface area (Å²) in [5.41, 5.74) is 0.459. The molecule has 1 fully saturated rings. The standard InChI is InChI=1S/C17H19FN2O2/c18-14-7-5-13(6-8-14)17(21)19-12-15(16-4-3-11-22-16)20-9-1-2-10-20/h3-8,11,15H,1-2,9-10,12H2,(H,19,21)/t15-/m0/s1. The van der Waals surface area contributed by atoms with Crippen molar-refractivity contribution in [1.29, 1.82) is 0 Å². The van der Waals surface area contributed by atoms with Gasteiger partial charge in [-0.25, -0.2) is 4.39 Å². The number of benzene rings is 1. The van der Waals surface area contributed by atoms with E-state index in [2.05, 4.69) is 10.2 Å². The molecule has 1 aliphatic heterocycles. The third-order valence-electron chi connectivity index (χ3n) is 4.02. The Morgan fingerprint density at radius 1 is 1.23 bits per heavy atom. The van der Waals surface area contributed by atoms with Gasteiger partial charge in [-0.3, -0.25) is 9.69 Å². The Kier molecular flexibility index (Phi) is 4.53. The van der Waals surface area contributed by atoms with E-state index in [1.807, 2.05) is 12.1 Å². The van der Waals surface area contributed by atoms with Crippen LogP contribution in [0.3, 0.4) is 0 Å². The second-order valence-corrected chi connectivity index (χ2v) is 5.49. The number of carbonyl (C=O) groups is 1. The molecule has 1 saturated heterocycles. The number of amides is 1. The van der Waals surface area contributed by atoms with Gasteiger partial charge in [-0.15, -0.1) is 0 Å². The summed E-state index contributed by atoms with van der Waals surface area (Å²) < 4.78 is 18.4. The van der Waals surface area contributed by atoms with Gasteiger partial charge in [-0.1, -0.05) is 0 Å². The number of nitrogens with zero attached hydrogens (tertiary/aromatic N) is 1. The van der Waals surface area contributed by atoms with E-state index in [1.54, 1.807) is 6.26 Å².